The molecule has 0 saturated carbocycles. The van der Waals surface area contributed by atoms with Crippen LogP contribution in [0.2, 0.25) is 0 Å². The third-order valence-corrected chi connectivity index (χ3v) is 3.80. The second-order valence-electron chi connectivity index (χ2n) is 5.51. The maximum Gasteiger partial charge on any atom is 0.112 e. The number of aliphatic hydroxyl groups is 1. The zero-order chi connectivity index (χ0) is 15.5. The molecule has 0 atom stereocenters. The summed E-state index contributed by atoms with van der Waals surface area (Å²) in [5.74, 6) is 0. The predicted octanol–water partition coefficient (Wildman–Crippen LogP) is 2.97. The fraction of sp³-hybridized carbons (Fsp3) is 0.222. The lowest BCUT2D eigenvalue weighted by atomic mass is 10.1. The first-order valence-electron chi connectivity index (χ1n) is 7.35. The summed E-state index contributed by atoms with van der Waals surface area (Å²) in [5, 5.41) is 18.0. The molecule has 3 aromatic rings. The van der Waals surface area contributed by atoms with E-state index in [9.17, 15) is 5.11 Å². The summed E-state index contributed by atoms with van der Waals surface area (Å²) in [6.07, 6.45) is 0.692. The Labute approximate surface area is 130 Å². The van der Waals surface area contributed by atoms with Crippen molar-refractivity contribution in [2.24, 2.45) is 0 Å². The van der Waals surface area contributed by atoms with Gasteiger partial charge in [0.05, 0.1) is 18.0 Å². The number of hydrogen-bond acceptors (Lipinski definition) is 3. The van der Waals surface area contributed by atoms with Gasteiger partial charge in [0.2, 0.25) is 0 Å². The van der Waals surface area contributed by atoms with Gasteiger partial charge in [-0.15, -0.1) is 5.10 Å². The summed E-state index contributed by atoms with van der Waals surface area (Å²) in [6, 6.07) is 16.4. The van der Waals surface area contributed by atoms with Crippen LogP contribution >= 0.6 is 0 Å². The fourth-order valence-corrected chi connectivity index (χ4v) is 2.56. The van der Waals surface area contributed by atoms with Crippen LogP contribution in [-0.4, -0.2) is 20.1 Å². The van der Waals surface area contributed by atoms with Crippen molar-refractivity contribution >= 4 is 0 Å². The molecule has 4 nitrogen and oxygen atoms in total. The third kappa shape index (κ3) is 2.78. The molecule has 0 spiro atoms. The van der Waals surface area contributed by atoms with Crippen LogP contribution < -0.4 is 0 Å². The molecule has 0 fully saturated rings. The van der Waals surface area contributed by atoms with E-state index < -0.39 is 0 Å². The average Bonchev–Trinajstić information content (AvgIpc) is 2.93. The zero-order valence-electron chi connectivity index (χ0n) is 12.8. The SMILES string of the molecule is Cc1ccc(C)c(-n2nnc(CO)c2Cc2ccccc2)c1. The molecule has 3 rings (SSSR count). The van der Waals surface area contributed by atoms with Crippen LogP contribution in [0, 0.1) is 13.8 Å². The maximum absolute atomic E-state index is 9.56. The minimum Gasteiger partial charge on any atom is -0.390 e. The highest BCUT2D eigenvalue weighted by molar-refractivity contribution is 5.44. The van der Waals surface area contributed by atoms with Crippen LogP contribution in [0.1, 0.15) is 28.1 Å². The number of aryl methyl sites for hydroxylation is 2. The Kier molecular flexibility index (Phi) is 4.02. The highest BCUT2D eigenvalue weighted by Gasteiger charge is 2.15. The van der Waals surface area contributed by atoms with Gasteiger partial charge in [0.25, 0.3) is 0 Å². The molecule has 1 aromatic heterocycles. The van der Waals surface area contributed by atoms with E-state index in [1.807, 2.05) is 22.9 Å². The number of benzene rings is 2. The second-order valence-corrected chi connectivity index (χ2v) is 5.51. The largest absolute Gasteiger partial charge is 0.390 e. The van der Waals surface area contributed by atoms with E-state index in [0.29, 0.717) is 12.1 Å². The summed E-state index contributed by atoms with van der Waals surface area (Å²) in [6.45, 7) is 4.01. The maximum atomic E-state index is 9.56. The molecule has 0 saturated heterocycles. The molecule has 0 aliphatic rings. The molecule has 0 aliphatic heterocycles. The van der Waals surface area contributed by atoms with E-state index >= 15 is 0 Å². The van der Waals surface area contributed by atoms with Gasteiger partial charge in [-0.1, -0.05) is 47.7 Å². The van der Waals surface area contributed by atoms with Crippen LogP contribution in [-0.2, 0) is 13.0 Å². The van der Waals surface area contributed by atoms with Crippen molar-refractivity contribution in [1.82, 2.24) is 15.0 Å². The third-order valence-electron chi connectivity index (χ3n) is 3.80. The molecule has 2 aromatic carbocycles. The summed E-state index contributed by atoms with van der Waals surface area (Å²) >= 11 is 0. The number of aromatic nitrogens is 3. The monoisotopic (exact) mass is 293 g/mol. The van der Waals surface area contributed by atoms with E-state index in [2.05, 4.69) is 54.5 Å². The quantitative estimate of drug-likeness (QED) is 0.804. The van der Waals surface area contributed by atoms with Crippen LogP contribution in [0.15, 0.2) is 48.5 Å². The lowest BCUT2D eigenvalue weighted by Crippen LogP contribution is -2.06. The van der Waals surface area contributed by atoms with Crippen LogP contribution in [0.5, 0.6) is 0 Å². The van der Waals surface area contributed by atoms with Gasteiger partial charge < -0.3 is 5.11 Å². The van der Waals surface area contributed by atoms with E-state index in [1.165, 1.54) is 11.1 Å². The second kappa shape index (κ2) is 6.12. The molecule has 0 amide bonds. The molecule has 1 N–H and O–H groups in total. The van der Waals surface area contributed by atoms with Crippen LogP contribution in [0.25, 0.3) is 5.69 Å². The van der Waals surface area contributed by atoms with Crippen molar-refractivity contribution in [3.63, 3.8) is 0 Å². The molecule has 0 radical (unpaired) electrons. The van der Waals surface area contributed by atoms with E-state index in [1.54, 1.807) is 0 Å². The summed E-state index contributed by atoms with van der Waals surface area (Å²) in [5.41, 5.74) is 6.05. The first-order chi connectivity index (χ1) is 10.7. The lowest BCUT2D eigenvalue weighted by Gasteiger charge is -2.11. The number of hydrogen-bond donors (Lipinski definition) is 1. The van der Waals surface area contributed by atoms with Crippen LogP contribution in [0.4, 0.5) is 0 Å². The zero-order valence-corrected chi connectivity index (χ0v) is 12.8. The molecule has 112 valence electrons. The minimum atomic E-state index is -0.104. The van der Waals surface area contributed by atoms with Gasteiger partial charge in [0.15, 0.2) is 0 Å². The number of rotatable bonds is 4. The summed E-state index contributed by atoms with van der Waals surface area (Å²) in [7, 11) is 0. The molecular formula is C18H19N3O. The Morgan fingerprint density at radius 2 is 1.82 bits per heavy atom. The molecule has 22 heavy (non-hydrogen) atoms. The first kappa shape index (κ1) is 14.5. The van der Waals surface area contributed by atoms with Gasteiger partial charge in [0, 0.05) is 6.42 Å². The Bertz CT molecular complexity index is 778. The smallest absolute Gasteiger partial charge is 0.112 e. The lowest BCUT2D eigenvalue weighted by molar-refractivity contribution is 0.275. The molecule has 1 heterocycles. The van der Waals surface area contributed by atoms with Crippen LogP contribution in [0.3, 0.4) is 0 Å². The molecule has 4 heteroatoms. The van der Waals surface area contributed by atoms with Gasteiger partial charge in [-0.25, -0.2) is 4.68 Å². The first-order valence-corrected chi connectivity index (χ1v) is 7.35. The molecule has 0 bridgehead atoms. The Hall–Kier alpha value is -2.46. The Morgan fingerprint density at radius 3 is 2.55 bits per heavy atom. The van der Waals surface area contributed by atoms with Crippen molar-refractivity contribution in [1.29, 1.82) is 0 Å². The summed E-state index contributed by atoms with van der Waals surface area (Å²) in [4.78, 5) is 0. The normalized spacial score (nSPS) is 10.9. The minimum absolute atomic E-state index is 0.104. The van der Waals surface area contributed by atoms with Gasteiger partial charge in [0.1, 0.15) is 5.69 Å². The standard InChI is InChI=1S/C18H19N3O/c1-13-8-9-14(2)17(10-13)21-18(16(12-22)19-20-21)11-15-6-4-3-5-7-15/h3-10,22H,11-12H2,1-2H3. The Balaban J connectivity index is 2.09. The van der Waals surface area contributed by atoms with Gasteiger partial charge in [-0.05, 0) is 36.6 Å². The van der Waals surface area contributed by atoms with Gasteiger partial charge in [-0.3, -0.25) is 0 Å². The molecule has 0 unspecified atom stereocenters. The van der Waals surface area contributed by atoms with E-state index in [-0.39, 0.29) is 6.61 Å². The van der Waals surface area contributed by atoms with E-state index in [0.717, 1.165) is 16.9 Å². The number of aliphatic hydroxyl groups excluding tert-OH is 1. The average molecular weight is 293 g/mol. The summed E-state index contributed by atoms with van der Waals surface area (Å²) < 4.78 is 1.85. The highest BCUT2D eigenvalue weighted by atomic mass is 16.3. The topological polar surface area (TPSA) is 50.9 Å². The molecular weight excluding hydrogens is 274 g/mol. The Morgan fingerprint density at radius 1 is 1.05 bits per heavy atom. The van der Waals surface area contributed by atoms with Crippen molar-refractivity contribution in [2.45, 2.75) is 26.9 Å². The van der Waals surface area contributed by atoms with Crippen molar-refractivity contribution in [3.05, 3.63) is 76.6 Å². The van der Waals surface area contributed by atoms with Crippen molar-refractivity contribution in [2.75, 3.05) is 0 Å². The molecule has 0 aliphatic carbocycles. The predicted molar refractivity (Wildman–Crippen MR) is 86.0 cm³/mol. The van der Waals surface area contributed by atoms with Gasteiger partial charge >= 0.3 is 0 Å². The highest BCUT2D eigenvalue weighted by Crippen LogP contribution is 2.21. The van der Waals surface area contributed by atoms with Crippen molar-refractivity contribution in [3.8, 4) is 5.69 Å². The van der Waals surface area contributed by atoms with Crippen molar-refractivity contribution < 1.29 is 5.11 Å². The number of nitrogens with zero attached hydrogens (tertiary/aromatic N) is 3. The van der Waals surface area contributed by atoms with Gasteiger partial charge in [-0.2, -0.15) is 0 Å². The van der Waals surface area contributed by atoms with E-state index in [4.69, 9.17) is 0 Å². The fourth-order valence-electron chi connectivity index (χ4n) is 2.56.